The maximum Gasteiger partial charge on any atom is 0.290 e. The molecule has 2 aromatic rings. The Hall–Kier alpha value is -1.62. The zero-order valence-electron chi connectivity index (χ0n) is 10.7. The molecule has 0 aromatic carbocycles. The van der Waals surface area contributed by atoms with Gasteiger partial charge in [-0.3, -0.25) is 4.79 Å². The van der Waals surface area contributed by atoms with Gasteiger partial charge in [0.2, 0.25) is 5.28 Å². The van der Waals surface area contributed by atoms with E-state index >= 15 is 0 Å². The van der Waals surface area contributed by atoms with E-state index < -0.39 is 0 Å². The van der Waals surface area contributed by atoms with E-state index in [0.717, 1.165) is 11.0 Å². The summed E-state index contributed by atoms with van der Waals surface area (Å²) in [5.41, 5.74) is 2.25. The van der Waals surface area contributed by atoms with E-state index in [-0.39, 0.29) is 6.47 Å². The second-order valence-corrected chi connectivity index (χ2v) is 4.96. The molecule has 102 valence electrons. The van der Waals surface area contributed by atoms with Crippen LogP contribution in [0.15, 0.2) is 12.3 Å². The van der Waals surface area contributed by atoms with Gasteiger partial charge >= 0.3 is 0 Å². The monoisotopic (exact) mass is 281 g/mol. The number of aryl methyl sites for hydroxylation is 1. The number of carboxylic acid groups (broad SMARTS) is 1. The molecule has 1 fully saturated rings. The zero-order valence-corrected chi connectivity index (χ0v) is 11.5. The van der Waals surface area contributed by atoms with E-state index in [1.165, 1.54) is 31.4 Å². The minimum absolute atomic E-state index is 0.250. The first-order valence-corrected chi connectivity index (χ1v) is 6.63. The molecule has 0 amide bonds. The van der Waals surface area contributed by atoms with E-state index in [4.69, 9.17) is 21.5 Å². The van der Waals surface area contributed by atoms with Crippen molar-refractivity contribution in [1.29, 1.82) is 0 Å². The Kier molecular flexibility index (Phi) is 4.37. The first-order chi connectivity index (χ1) is 9.17. The van der Waals surface area contributed by atoms with Crippen LogP contribution in [0.4, 0.5) is 0 Å². The van der Waals surface area contributed by atoms with Gasteiger partial charge in [-0.2, -0.15) is 4.98 Å². The second-order valence-electron chi connectivity index (χ2n) is 4.62. The Bertz CT molecular complexity index is 577. The maximum atomic E-state index is 8.36. The fraction of sp³-hybridized carbons (Fsp3) is 0.462. The molecule has 3 rings (SSSR count). The summed E-state index contributed by atoms with van der Waals surface area (Å²) in [5, 5.41) is 8.32. The highest BCUT2D eigenvalue weighted by atomic mass is 35.5. The quantitative estimate of drug-likeness (QED) is 0.644. The van der Waals surface area contributed by atoms with Crippen LogP contribution in [0.2, 0.25) is 5.28 Å². The lowest BCUT2D eigenvalue weighted by molar-refractivity contribution is -0.122. The Morgan fingerprint density at radius 3 is 2.74 bits per heavy atom. The van der Waals surface area contributed by atoms with Crippen LogP contribution in [-0.2, 0) is 4.79 Å². The largest absolute Gasteiger partial charge is 0.483 e. The van der Waals surface area contributed by atoms with Crippen LogP contribution in [-0.4, -0.2) is 26.1 Å². The number of halogens is 1. The molecule has 1 N–H and O–H groups in total. The summed E-state index contributed by atoms with van der Waals surface area (Å²) in [6.45, 7) is 1.88. The lowest BCUT2D eigenvalue weighted by Crippen LogP contribution is -2.07. The molecule has 19 heavy (non-hydrogen) atoms. The van der Waals surface area contributed by atoms with E-state index in [1.54, 1.807) is 0 Å². The molecule has 0 aliphatic heterocycles. The van der Waals surface area contributed by atoms with Crippen molar-refractivity contribution in [2.45, 2.75) is 38.6 Å². The van der Waals surface area contributed by atoms with Crippen molar-refractivity contribution in [3.8, 4) is 0 Å². The molecule has 0 atom stereocenters. The third-order valence-electron chi connectivity index (χ3n) is 3.43. The van der Waals surface area contributed by atoms with Crippen LogP contribution in [0.1, 0.15) is 37.4 Å². The minimum Gasteiger partial charge on any atom is -0.483 e. The van der Waals surface area contributed by atoms with Crippen molar-refractivity contribution in [1.82, 2.24) is 14.5 Å². The van der Waals surface area contributed by atoms with Gasteiger partial charge < -0.3 is 9.67 Å². The number of carbonyl (C=O) groups is 1. The summed E-state index contributed by atoms with van der Waals surface area (Å²) < 4.78 is 2.33. The predicted molar refractivity (Wildman–Crippen MR) is 73.5 cm³/mol. The normalized spacial score (nSPS) is 15.3. The van der Waals surface area contributed by atoms with Crippen molar-refractivity contribution in [2.75, 3.05) is 0 Å². The van der Waals surface area contributed by atoms with Crippen LogP contribution in [0.25, 0.3) is 11.0 Å². The van der Waals surface area contributed by atoms with Gasteiger partial charge in [-0.1, -0.05) is 12.8 Å². The minimum atomic E-state index is -0.250. The van der Waals surface area contributed by atoms with Gasteiger partial charge in [0.15, 0.2) is 0 Å². The van der Waals surface area contributed by atoms with E-state index in [0.29, 0.717) is 11.3 Å². The maximum absolute atomic E-state index is 8.36. The Balaban J connectivity index is 0.000000408. The van der Waals surface area contributed by atoms with Gasteiger partial charge in [0.1, 0.15) is 5.65 Å². The number of hydrogen-bond donors (Lipinski definition) is 1. The SMILES string of the molecule is Cc1cc2cnc(Cl)nc2n1C1CCCC1.O=CO. The summed E-state index contributed by atoms with van der Waals surface area (Å²) in [4.78, 5) is 16.7. The van der Waals surface area contributed by atoms with Crippen molar-refractivity contribution >= 4 is 29.1 Å². The molecule has 6 heteroatoms. The first kappa shape index (κ1) is 13.8. The fourth-order valence-corrected chi connectivity index (χ4v) is 2.87. The summed E-state index contributed by atoms with van der Waals surface area (Å²) in [5.74, 6) is 0. The van der Waals surface area contributed by atoms with Gasteiger partial charge in [-0.05, 0) is 37.4 Å². The second kappa shape index (κ2) is 6.02. The highest BCUT2D eigenvalue weighted by molar-refractivity contribution is 6.28. The molecule has 0 unspecified atom stereocenters. The number of nitrogens with zero attached hydrogens (tertiary/aromatic N) is 3. The van der Waals surface area contributed by atoms with Crippen LogP contribution < -0.4 is 0 Å². The Morgan fingerprint density at radius 2 is 2.11 bits per heavy atom. The topological polar surface area (TPSA) is 68.0 Å². The third kappa shape index (κ3) is 2.87. The van der Waals surface area contributed by atoms with Gasteiger partial charge in [0.25, 0.3) is 6.47 Å². The van der Waals surface area contributed by atoms with Crippen LogP contribution >= 0.6 is 11.6 Å². The molecule has 0 spiro atoms. The third-order valence-corrected chi connectivity index (χ3v) is 3.61. The average Bonchev–Trinajstić information content (AvgIpc) is 2.96. The molecule has 1 saturated carbocycles. The predicted octanol–water partition coefficient (Wildman–Crippen LogP) is 3.21. The molecule has 2 heterocycles. The summed E-state index contributed by atoms with van der Waals surface area (Å²) in [6.07, 6.45) is 6.97. The molecule has 0 bridgehead atoms. The number of fused-ring (bicyclic) bond motifs is 1. The molecule has 5 nitrogen and oxygen atoms in total. The average molecular weight is 282 g/mol. The van der Waals surface area contributed by atoms with Crippen molar-refractivity contribution in [3.63, 3.8) is 0 Å². The van der Waals surface area contributed by atoms with Crippen molar-refractivity contribution in [3.05, 3.63) is 23.2 Å². The van der Waals surface area contributed by atoms with Gasteiger partial charge in [-0.25, -0.2) is 4.98 Å². The van der Waals surface area contributed by atoms with Crippen LogP contribution in [0, 0.1) is 6.92 Å². The van der Waals surface area contributed by atoms with Crippen molar-refractivity contribution in [2.24, 2.45) is 0 Å². The van der Waals surface area contributed by atoms with E-state index in [2.05, 4.69) is 27.5 Å². The van der Waals surface area contributed by atoms with Crippen LogP contribution in [0.3, 0.4) is 0 Å². The first-order valence-electron chi connectivity index (χ1n) is 6.25. The molecule has 2 aromatic heterocycles. The van der Waals surface area contributed by atoms with Gasteiger partial charge in [0.05, 0.1) is 0 Å². The molecular weight excluding hydrogens is 266 g/mol. The van der Waals surface area contributed by atoms with E-state index in [9.17, 15) is 0 Å². The molecule has 1 aliphatic carbocycles. The van der Waals surface area contributed by atoms with Gasteiger partial charge in [0, 0.05) is 23.3 Å². The lowest BCUT2D eigenvalue weighted by atomic mass is 10.2. The molecule has 0 saturated heterocycles. The molecular formula is C13H16ClN3O2. The van der Waals surface area contributed by atoms with Crippen LogP contribution in [0.5, 0.6) is 0 Å². The Labute approximate surface area is 116 Å². The summed E-state index contributed by atoms with van der Waals surface area (Å²) in [6, 6.07) is 2.74. The summed E-state index contributed by atoms with van der Waals surface area (Å²) >= 11 is 5.87. The number of rotatable bonds is 1. The van der Waals surface area contributed by atoms with E-state index in [1.807, 2.05) is 6.20 Å². The number of hydrogen-bond acceptors (Lipinski definition) is 3. The fourth-order valence-electron chi connectivity index (χ4n) is 2.74. The summed E-state index contributed by atoms with van der Waals surface area (Å²) in [7, 11) is 0. The lowest BCUT2D eigenvalue weighted by Gasteiger charge is -2.15. The highest BCUT2D eigenvalue weighted by Crippen LogP contribution is 2.33. The number of aromatic nitrogens is 3. The van der Waals surface area contributed by atoms with Crippen molar-refractivity contribution < 1.29 is 9.90 Å². The van der Waals surface area contributed by atoms with Gasteiger partial charge in [-0.15, -0.1) is 0 Å². The molecule has 1 aliphatic rings. The molecule has 0 radical (unpaired) electrons. The highest BCUT2D eigenvalue weighted by Gasteiger charge is 2.20. The Morgan fingerprint density at radius 1 is 1.47 bits per heavy atom. The zero-order chi connectivity index (χ0) is 13.8. The standard InChI is InChI=1S/C12H14ClN3.CH2O2/c1-8-6-9-7-14-12(13)15-11(9)16(8)10-4-2-3-5-10;2-1-3/h6-7,10H,2-5H2,1H3;1H,(H,2,3). The smallest absolute Gasteiger partial charge is 0.290 e.